The lowest BCUT2D eigenvalue weighted by molar-refractivity contribution is -0.0391. The van der Waals surface area contributed by atoms with Crippen molar-refractivity contribution in [2.24, 2.45) is 0 Å². The average molecular weight is 354 g/mol. The number of aromatic amines is 1. The van der Waals surface area contributed by atoms with Crippen LogP contribution in [-0.4, -0.2) is 38.2 Å². The third-order valence-electron chi connectivity index (χ3n) is 3.18. The number of thiol groups is 1. The molecule has 2 heterocycles. The second kappa shape index (κ2) is 6.67. The predicted molar refractivity (Wildman–Crippen MR) is 76.4 cm³/mol. The third-order valence-corrected chi connectivity index (χ3v) is 3.94. The zero-order valence-electron chi connectivity index (χ0n) is 11.4. The van der Waals surface area contributed by atoms with Gasteiger partial charge in [-0.25, -0.2) is 9.36 Å². The van der Waals surface area contributed by atoms with Crippen molar-refractivity contribution >= 4 is 20.7 Å². The van der Waals surface area contributed by atoms with Gasteiger partial charge < -0.3 is 18.7 Å². The molecule has 0 aromatic carbocycles. The predicted octanol–water partition coefficient (Wildman–Crippen LogP) is -0.528. The highest BCUT2D eigenvalue weighted by molar-refractivity contribution is 7.75. The molecular weight excluding hydrogens is 339 g/mol. The number of aryl methyl sites for hydroxylation is 1. The molecule has 1 aromatic heterocycles. The summed E-state index contributed by atoms with van der Waals surface area (Å²) in [5, 5.41) is 0. The van der Waals surface area contributed by atoms with Crippen LogP contribution in [0.3, 0.4) is 0 Å². The molecule has 1 fully saturated rings. The quantitative estimate of drug-likeness (QED) is 0.314. The van der Waals surface area contributed by atoms with Gasteiger partial charge in [0, 0.05) is 18.2 Å². The van der Waals surface area contributed by atoms with Crippen molar-refractivity contribution in [3.8, 4) is 0 Å². The molecule has 12 heteroatoms. The van der Waals surface area contributed by atoms with Gasteiger partial charge in [-0.05, 0) is 19.8 Å². The van der Waals surface area contributed by atoms with Crippen LogP contribution in [0.4, 0.5) is 0 Å². The monoisotopic (exact) mass is 354 g/mol. The van der Waals surface area contributed by atoms with Crippen molar-refractivity contribution in [3.05, 3.63) is 32.6 Å². The average Bonchev–Trinajstić information content (AvgIpc) is 2.83. The van der Waals surface area contributed by atoms with Crippen molar-refractivity contribution in [2.45, 2.75) is 31.8 Å². The Balaban J connectivity index is 2.18. The normalized spacial score (nSPS) is 25.5. The molecule has 2 rings (SSSR count). The number of rotatable bonds is 5. The molecule has 0 spiro atoms. The number of phosphoric acid groups is 1. The van der Waals surface area contributed by atoms with Crippen molar-refractivity contribution in [1.82, 2.24) is 9.55 Å². The minimum Gasteiger partial charge on any atom is -0.349 e. The van der Waals surface area contributed by atoms with E-state index in [4.69, 9.17) is 18.7 Å². The van der Waals surface area contributed by atoms with Crippen molar-refractivity contribution < 1.29 is 27.8 Å². The summed E-state index contributed by atoms with van der Waals surface area (Å²) >= 11 is 3.68. The van der Waals surface area contributed by atoms with Crippen LogP contribution in [0.1, 0.15) is 18.2 Å². The van der Waals surface area contributed by atoms with Crippen LogP contribution in [0.5, 0.6) is 0 Å². The SMILES string of the molecule is Cc1cn([C@H]2CC(OS)[C@@H](COP(=O)(O)O)O2)c(=O)[nH]c1=O. The molecule has 1 saturated heterocycles. The second-order valence-corrected chi connectivity index (χ2v) is 6.22. The number of nitrogens with one attached hydrogen (secondary N) is 1. The summed E-state index contributed by atoms with van der Waals surface area (Å²) in [6, 6.07) is 0. The summed E-state index contributed by atoms with van der Waals surface area (Å²) in [5.41, 5.74) is -0.834. The van der Waals surface area contributed by atoms with Gasteiger partial charge in [-0.2, -0.15) is 0 Å². The van der Waals surface area contributed by atoms with E-state index in [1.165, 1.54) is 17.7 Å². The fourth-order valence-electron chi connectivity index (χ4n) is 2.10. The smallest absolute Gasteiger partial charge is 0.349 e. The van der Waals surface area contributed by atoms with Crippen LogP contribution < -0.4 is 11.2 Å². The maximum Gasteiger partial charge on any atom is 0.469 e. The van der Waals surface area contributed by atoms with Crippen molar-refractivity contribution in [2.75, 3.05) is 6.61 Å². The van der Waals surface area contributed by atoms with Gasteiger partial charge in [0.15, 0.2) is 0 Å². The Labute approximate surface area is 129 Å². The Bertz CT molecular complexity index is 697. The molecule has 10 nitrogen and oxygen atoms in total. The van der Waals surface area contributed by atoms with Gasteiger partial charge in [-0.15, -0.1) is 0 Å². The van der Waals surface area contributed by atoms with Gasteiger partial charge in [0.05, 0.1) is 6.61 Å². The molecule has 0 saturated carbocycles. The van der Waals surface area contributed by atoms with E-state index in [-0.39, 0.29) is 6.42 Å². The summed E-state index contributed by atoms with van der Waals surface area (Å²) in [4.78, 5) is 42.7. The van der Waals surface area contributed by atoms with Gasteiger partial charge in [0.2, 0.25) is 0 Å². The van der Waals surface area contributed by atoms with Crippen LogP contribution in [-0.2, 0) is 18.0 Å². The largest absolute Gasteiger partial charge is 0.469 e. The first-order chi connectivity index (χ1) is 10.2. The number of hydrogen-bond acceptors (Lipinski definition) is 7. The Hall–Kier alpha value is -0.940. The second-order valence-electron chi connectivity index (χ2n) is 4.77. The lowest BCUT2D eigenvalue weighted by atomic mass is 10.2. The summed E-state index contributed by atoms with van der Waals surface area (Å²) in [5.74, 6) is 0. The van der Waals surface area contributed by atoms with Crippen LogP contribution >= 0.6 is 20.7 Å². The third kappa shape index (κ3) is 4.07. The molecule has 0 radical (unpaired) electrons. The maximum absolute atomic E-state index is 11.8. The molecular formula is C10H15N2O8PS. The van der Waals surface area contributed by atoms with Crippen molar-refractivity contribution in [1.29, 1.82) is 0 Å². The first kappa shape index (κ1) is 17.4. The maximum atomic E-state index is 11.8. The van der Waals surface area contributed by atoms with Crippen LogP contribution in [0.15, 0.2) is 15.8 Å². The van der Waals surface area contributed by atoms with E-state index in [0.717, 1.165) is 0 Å². The first-order valence-electron chi connectivity index (χ1n) is 6.19. The number of nitrogens with zero attached hydrogens (tertiary/aromatic N) is 1. The number of phosphoric ester groups is 1. The first-order valence-corrected chi connectivity index (χ1v) is 8.08. The molecule has 1 aliphatic heterocycles. The molecule has 3 atom stereocenters. The molecule has 124 valence electrons. The molecule has 22 heavy (non-hydrogen) atoms. The van der Waals surface area contributed by atoms with E-state index in [9.17, 15) is 14.2 Å². The zero-order chi connectivity index (χ0) is 16.5. The minimum absolute atomic E-state index is 0.198. The fraction of sp³-hybridized carbons (Fsp3) is 0.600. The number of H-pyrrole nitrogens is 1. The van der Waals surface area contributed by atoms with Gasteiger partial charge in [-0.1, -0.05) is 0 Å². The van der Waals surface area contributed by atoms with E-state index in [2.05, 4.69) is 22.4 Å². The van der Waals surface area contributed by atoms with Gasteiger partial charge >= 0.3 is 13.5 Å². The summed E-state index contributed by atoms with van der Waals surface area (Å²) < 4.78 is 26.7. The van der Waals surface area contributed by atoms with E-state index < -0.39 is 44.1 Å². The van der Waals surface area contributed by atoms with E-state index in [0.29, 0.717) is 5.56 Å². The van der Waals surface area contributed by atoms with Crippen LogP contribution in [0.2, 0.25) is 0 Å². The zero-order valence-corrected chi connectivity index (χ0v) is 13.2. The summed E-state index contributed by atoms with van der Waals surface area (Å²) in [7, 11) is -4.65. The lowest BCUT2D eigenvalue weighted by Gasteiger charge is -2.17. The molecule has 0 aliphatic carbocycles. The van der Waals surface area contributed by atoms with Crippen LogP contribution in [0, 0.1) is 6.92 Å². The van der Waals surface area contributed by atoms with Gasteiger partial charge in [-0.3, -0.25) is 18.9 Å². The highest BCUT2D eigenvalue weighted by Crippen LogP contribution is 2.38. The Morgan fingerprint density at radius 3 is 2.82 bits per heavy atom. The lowest BCUT2D eigenvalue weighted by Crippen LogP contribution is -2.33. The number of ether oxygens (including phenoxy) is 1. The Morgan fingerprint density at radius 1 is 1.55 bits per heavy atom. The van der Waals surface area contributed by atoms with Gasteiger partial charge in [0.1, 0.15) is 18.4 Å². The van der Waals surface area contributed by atoms with Crippen LogP contribution in [0.25, 0.3) is 0 Å². The molecule has 1 aromatic rings. The van der Waals surface area contributed by atoms with E-state index in [1.54, 1.807) is 0 Å². The molecule has 3 N–H and O–H groups in total. The molecule has 1 unspecified atom stereocenters. The molecule has 0 amide bonds. The Morgan fingerprint density at radius 2 is 2.23 bits per heavy atom. The number of aromatic nitrogens is 2. The van der Waals surface area contributed by atoms with E-state index in [1.807, 2.05) is 0 Å². The summed E-state index contributed by atoms with van der Waals surface area (Å²) in [6.07, 6.45) is -0.698. The fourth-order valence-corrected chi connectivity index (χ4v) is 2.67. The van der Waals surface area contributed by atoms with E-state index >= 15 is 0 Å². The minimum atomic E-state index is -4.65. The Kier molecular flexibility index (Phi) is 5.28. The standard InChI is InChI=1S/C10H15N2O8PS/c1-5-3-12(10(14)11-9(5)13)8-2-6(20-22)7(19-8)4-18-21(15,16)17/h3,6-8,22H,2,4H2,1H3,(H,11,13,14)(H2,15,16,17)/t6?,7-,8-/m1/s1. The highest BCUT2D eigenvalue weighted by Gasteiger charge is 2.38. The topological polar surface area (TPSA) is 140 Å². The molecule has 1 aliphatic rings. The summed E-state index contributed by atoms with van der Waals surface area (Å²) in [6.45, 7) is 1.10. The van der Waals surface area contributed by atoms with Gasteiger partial charge in [0.25, 0.3) is 5.56 Å². The van der Waals surface area contributed by atoms with Crippen molar-refractivity contribution in [3.63, 3.8) is 0 Å². The highest BCUT2D eigenvalue weighted by atomic mass is 32.1. The number of hydrogen-bond donors (Lipinski definition) is 4. The molecule has 0 bridgehead atoms.